The van der Waals surface area contributed by atoms with Gasteiger partial charge in [0.05, 0.1) is 6.61 Å². The molecule has 0 aliphatic rings. The standard InChI is InChI=1S/C16H23NO4/c1-4-16(2,3)15(20)17-12-7-9-13(10-8-12)21-11-5-6-14(18)19/h7-10H,4-6,11H2,1-3H3,(H,17,20)(H,18,19). The van der Waals surface area contributed by atoms with E-state index in [0.717, 1.165) is 12.1 Å². The Morgan fingerprint density at radius 3 is 2.38 bits per heavy atom. The highest BCUT2D eigenvalue weighted by atomic mass is 16.5. The summed E-state index contributed by atoms with van der Waals surface area (Å²) in [7, 11) is 0. The van der Waals surface area contributed by atoms with Crippen molar-refractivity contribution < 1.29 is 19.4 Å². The van der Waals surface area contributed by atoms with Gasteiger partial charge in [0.25, 0.3) is 0 Å². The van der Waals surface area contributed by atoms with Gasteiger partial charge in [0.1, 0.15) is 5.75 Å². The minimum atomic E-state index is -0.824. The third-order valence-corrected chi connectivity index (χ3v) is 3.41. The molecule has 21 heavy (non-hydrogen) atoms. The molecule has 0 saturated heterocycles. The first kappa shape index (κ1) is 17.0. The van der Waals surface area contributed by atoms with Crippen LogP contribution in [0.2, 0.25) is 0 Å². The zero-order chi connectivity index (χ0) is 15.9. The molecule has 0 heterocycles. The van der Waals surface area contributed by atoms with Crippen molar-refractivity contribution in [2.45, 2.75) is 40.0 Å². The normalized spacial score (nSPS) is 11.0. The van der Waals surface area contributed by atoms with Gasteiger partial charge in [0, 0.05) is 17.5 Å². The first-order valence-corrected chi connectivity index (χ1v) is 7.11. The molecule has 116 valence electrons. The maximum absolute atomic E-state index is 12.0. The Labute approximate surface area is 125 Å². The summed E-state index contributed by atoms with van der Waals surface area (Å²) in [5.74, 6) is -0.177. The SMILES string of the molecule is CCC(C)(C)C(=O)Nc1ccc(OCCCC(=O)O)cc1. The van der Waals surface area contributed by atoms with Crippen LogP contribution in [-0.4, -0.2) is 23.6 Å². The minimum absolute atomic E-state index is 0.0138. The number of ether oxygens (including phenoxy) is 1. The second-order valence-electron chi connectivity index (χ2n) is 5.56. The summed E-state index contributed by atoms with van der Waals surface area (Å²) in [5.41, 5.74) is 0.325. The summed E-state index contributed by atoms with van der Waals surface area (Å²) in [5, 5.41) is 11.4. The topological polar surface area (TPSA) is 75.6 Å². The van der Waals surface area contributed by atoms with Crippen LogP contribution < -0.4 is 10.1 Å². The predicted octanol–water partition coefficient (Wildman–Crippen LogP) is 3.30. The molecule has 0 atom stereocenters. The number of amides is 1. The van der Waals surface area contributed by atoms with Crippen LogP contribution >= 0.6 is 0 Å². The van der Waals surface area contributed by atoms with Crippen LogP contribution in [0.25, 0.3) is 0 Å². The fraction of sp³-hybridized carbons (Fsp3) is 0.500. The highest BCUT2D eigenvalue weighted by molar-refractivity contribution is 5.94. The zero-order valence-corrected chi connectivity index (χ0v) is 12.8. The number of hydrogen-bond donors (Lipinski definition) is 2. The first-order chi connectivity index (χ1) is 9.85. The molecule has 0 aliphatic heterocycles. The number of carboxylic acids is 1. The van der Waals surface area contributed by atoms with E-state index in [9.17, 15) is 9.59 Å². The molecule has 5 heteroatoms. The number of hydrogen-bond acceptors (Lipinski definition) is 3. The van der Waals surface area contributed by atoms with E-state index in [2.05, 4.69) is 5.32 Å². The highest BCUT2D eigenvalue weighted by Crippen LogP contribution is 2.23. The highest BCUT2D eigenvalue weighted by Gasteiger charge is 2.25. The summed E-state index contributed by atoms with van der Waals surface area (Å²) in [6.45, 7) is 6.15. The first-order valence-electron chi connectivity index (χ1n) is 7.11. The summed E-state index contributed by atoms with van der Waals surface area (Å²) in [6, 6.07) is 7.07. The Morgan fingerprint density at radius 2 is 1.86 bits per heavy atom. The number of carbonyl (C=O) groups excluding carboxylic acids is 1. The number of carbonyl (C=O) groups is 2. The molecule has 0 aliphatic carbocycles. The van der Waals surface area contributed by atoms with E-state index < -0.39 is 11.4 Å². The molecule has 0 saturated carbocycles. The van der Waals surface area contributed by atoms with Crippen LogP contribution in [-0.2, 0) is 9.59 Å². The van der Waals surface area contributed by atoms with Gasteiger partial charge in [-0.2, -0.15) is 0 Å². The summed E-state index contributed by atoms with van der Waals surface area (Å²) in [6.07, 6.45) is 1.34. The monoisotopic (exact) mass is 293 g/mol. The predicted molar refractivity (Wildman–Crippen MR) is 81.5 cm³/mol. The van der Waals surface area contributed by atoms with Crippen molar-refractivity contribution >= 4 is 17.6 Å². The van der Waals surface area contributed by atoms with Gasteiger partial charge in [-0.25, -0.2) is 0 Å². The molecule has 0 bridgehead atoms. The van der Waals surface area contributed by atoms with E-state index in [0.29, 0.717) is 18.8 Å². The average molecular weight is 293 g/mol. The van der Waals surface area contributed by atoms with E-state index in [1.54, 1.807) is 24.3 Å². The molecule has 1 aromatic carbocycles. The fourth-order valence-corrected chi connectivity index (χ4v) is 1.51. The van der Waals surface area contributed by atoms with Gasteiger partial charge >= 0.3 is 5.97 Å². The summed E-state index contributed by atoms with van der Waals surface area (Å²) < 4.78 is 5.43. The largest absolute Gasteiger partial charge is 0.494 e. The van der Waals surface area contributed by atoms with Gasteiger partial charge < -0.3 is 15.2 Å². The van der Waals surface area contributed by atoms with Crippen molar-refractivity contribution in [3.05, 3.63) is 24.3 Å². The molecule has 5 nitrogen and oxygen atoms in total. The van der Waals surface area contributed by atoms with Crippen molar-refractivity contribution in [1.29, 1.82) is 0 Å². The molecule has 0 fully saturated rings. The maximum Gasteiger partial charge on any atom is 0.303 e. The van der Waals surface area contributed by atoms with Gasteiger partial charge in [-0.05, 0) is 37.1 Å². The Hall–Kier alpha value is -2.04. The van der Waals surface area contributed by atoms with Crippen LogP contribution in [0.3, 0.4) is 0 Å². The van der Waals surface area contributed by atoms with E-state index in [4.69, 9.17) is 9.84 Å². The number of aliphatic carboxylic acids is 1. The van der Waals surface area contributed by atoms with E-state index >= 15 is 0 Å². The lowest BCUT2D eigenvalue weighted by Gasteiger charge is -2.21. The maximum atomic E-state index is 12.0. The van der Waals surface area contributed by atoms with Crippen LogP contribution in [0.4, 0.5) is 5.69 Å². The van der Waals surface area contributed by atoms with Gasteiger partial charge in [0.15, 0.2) is 0 Å². The molecular formula is C16H23NO4. The Kier molecular flexibility index (Phi) is 6.21. The second kappa shape index (κ2) is 7.67. The van der Waals surface area contributed by atoms with Crippen molar-refractivity contribution in [2.24, 2.45) is 5.41 Å². The van der Waals surface area contributed by atoms with Crippen molar-refractivity contribution in [3.8, 4) is 5.75 Å². The van der Waals surface area contributed by atoms with Crippen molar-refractivity contribution in [3.63, 3.8) is 0 Å². The van der Waals surface area contributed by atoms with Gasteiger partial charge in [0.2, 0.25) is 5.91 Å². The number of nitrogens with one attached hydrogen (secondary N) is 1. The van der Waals surface area contributed by atoms with E-state index in [1.807, 2.05) is 20.8 Å². The zero-order valence-electron chi connectivity index (χ0n) is 12.8. The molecular weight excluding hydrogens is 270 g/mol. The second-order valence-corrected chi connectivity index (χ2v) is 5.56. The quantitative estimate of drug-likeness (QED) is 0.721. The third kappa shape index (κ3) is 5.85. The van der Waals surface area contributed by atoms with Crippen LogP contribution in [0.15, 0.2) is 24.3 Å². The lowest BCUT2D eigenvalue weighted by molar-refractivity contribution is -0.137. The summed E-state index contributed by atoms with van der Waals surface area (Å²) in [4.78, 5) is 22.4. The Morgan fingerprint density at radius 1 is 1.24 bits per heavy atom. The van der Waals surface area contributed by atoms with Gasteiger partial charge in [-0.3, -0.25) is 9.59 Å². The average Bonchev–Trinajstić information content (AvgIpc) is 2.45. The third-order valence-electron chi connectivity index (χ3n) is 3.41. The van der Waals surface area contributed by atoms with Gasteiger partial charge in [-0.1, -0.05) is 20.8 Å². The Bertz CT molecular complexity index is 480. The molecule has 0 unspecified atom stereocenters. The van der Waals surface area contributed by atoms with Crippen LogP contribution in [0.1, 0.15) is 40.0 Å². The van der Waals surface area contributed by atoms with E-state index in [1.165, 1.54) is 0 Å². The van der Waals surface area contributed by atoms with Crippen LogP contribution in [0, 0.1) is 5.41 Å². The number of benzene rings is 1. The molecule has 1 amide bonds. The molecule has 2 N–H and O–H groups in total. The van der Waals surface area contributed by atoms with Gasteiger partial charge in [-0.15, -0.1) is 0 Å². The van der Waals surface area contributed by atoms with Crippen LogP contribution in [0.5, 0.6) is 5.75 Å². The summed E-state index contributed by atoms with van der Waals surface area (Å²) >= 11 is 0. The fourth-order valence-electron chi connectivity index (χ4n) is 1.51. The minimum Gasteiger partial charge on any atom is -0.494 e. The molecule has 0 aromatic heterocycles. The van der Waals surface area contributed by atoms with Crippen molar-refractivity contribution in [2.75, 3.05) is 11.9 Å². The lowest BCUT2D eigenvalue weighted by Crippen LogP contribution is -2.29. The van der Waals surface area contributed by atoms with Crippen molar-refractivity contribution in [1.82, 2.24) is 0 Å². The molecule has 1 aromatic rings. The molecule has 1 rings (SSSR count). The number of rotatable bonds is 8. The number of carboxylic acid groups (broad SMARTS) is 1. The molecule has 0 spiro atoms. The Balaban J connectivity index is 2.47. The van der Waals surface area contributed by atoms with E-state index in [-0.39, 0.29) is 12.3 Å². The smallest absolute Gasteiger partial charge is 0.303 e. The molecule has 0 radical (unpaired) electrons. The lowest BCUT2D eigenvalue weighted by atomic mass is 9.89. The number of anilines is 1.